The summed E-state index contributed by atoms with van der Waals surface area (Å²) in [6, 6.07) is 10.1. The zero-order chi connectivity index (χ0) is 20.4. The highest BCUT2D eigenvalue weighted by atomic mass is 35.5. The number of aryl methyl sites for hydroxylation is 1. The molecular formula is C22H17ClF2N4. The van der Waals surface area contributed by atoms with Crippen LogP contribution in [0.4, 0.5) is 20.3 Å². The van der Waals surface area contributed by atoms with Gasteiger partial charge in [0.1, 0.15) is 5.52 Å². The fraction of sp³-hybridized carbons (Fsp3) is 0.136. The number of anilines is 2. The minimum absolute atomic E-state index is 0.0161. The highest BCUT2D eigenvalue weighted by Crippen LogP contribution is 2.32. The number of pyridine rings is 1. The van der Waals surface area contributed by atoms with E-state index in [1.807, 2.05) is 30.0 Å². The first-order valence-electron chi connectivity index (χ1n) is 9.12. The Balaban J connectivity index is 1.90. The van der Waals surface area contributed by atoms with E-state index in [0.29, 0.717) is 29.2 Å². The molecule has 7 heteroatoms. The number of fused-ring (bicyclic) bond motifs is 1. The summed E-state index contributed by atoms with van der Waals surface area (Å²) in [7, 11) is 0. The summed E-state index contributed by atoms with van der Waals surface area (Å²) in [4.78, 5) is 14.7. The molecule has 4 rings (SSSR count). The highest BCUT2D eigenvalue weighted by molar-refractivity contribution is 6.30. The van der Waals surface area contributed by atoms with Gasteiger partial charge in [0.05, 0.1) is 12.7 Å². The van der Waals surface area contributed by atoms with E-state index >= 15 is 0 Å². The number of nitrogens with zero attached hydrogens (tertiary/aromatic N) is 4. The van der Waals surface area contributed by atoms with Gasteiger partial charge in [-0.05, 0) is 47.9 Å². The number of hydrogen-bond acceptors (Lipinski definition) is 4. The Morgan fingerprint density at radius 2 is 1.90 bits per heavy atom. The first kappa shape index (κ1) is 19.2. The lowest BCUT2D eigenvalue weighted by Crippen LogP contribution is -2.19. The summed E-state index contributed by atoms with van der Waals surface area (Å²) in [5.74, 6) is -1.25. The van der Waals surface area contributed by atoms with E-state index in [0.717, 1.165) is 22.9 Å². The zero-order valence-corrected chi connectivity index (χ0v) is 16.4. The van der Waals surface area contributed by atoms with E-state index in [1.54, 1.807) is 36.9 Å². The Labute approximate surface area is 171 Å². The molecule has 0 saturated carbocycles. The van der Waals surface area contributed by atoms with Crippen molar-refractivity contribution in [1.82, 2.24) is 15.0 Å². The van der Waals surface area contributed by atoms with Gasteiger partial charge in [-0.2, -0.15) is 0 Å². The molecule has 29 heavy (non-hydrogen) atoms. The van der Waals surface area contributed by atoms with E-state index in [-0.39, 0.29) is 5.52 Å². The third-order valence-electron chi connectivity index (χ3n) is 4.77. The zero-order valence-electron chi connectivity index (χ0n) is 15.6. The van der Waals surface area contributed by atoms with Gasteiger partial charge in [0, 0.05) is 34.7 Å². The SMILES string of the molecule is CCc1cnc2c(F)c(F)ccc2c1CN(c1cccc(Cl)c1)c1cnccn1. The predicted octanol–water partition coefficient (Wildman–Crippen LogP) is 5.86. The largest absolute Gasteiger partial charge is 0.321 e. The quantitative estimate of drug-likeness (QED) is 0.413. The normalized spacial score (nSPS) is 11.0. The molecule has 4 aromatic rings. The number of rotatable bonds is 5. The Hall–Kier alpha value is -3.12. The molecule has 0 fully saturated rings. The Kier molecular flexibility index (Phi) is 5.36. The van der Waals surface area contributed by atoms with Crippen LogP contribution >= 0.6 is 11.6 Å². The first-order valence-corrected chi connectivity index (χ1v) is 9.50. The molecule has 0 radical (unpaired) electrons. The molecule has 0 amide bonds. The van der Waals surface area contributed by atoms with Crippen LogP contribution in [0.1, 0.15) is 18.1 Å². The average molecular weight is 411 g/mol. The molecular weight excluding hydrogens is 394 g/mol. The van der Waals surface area contributed by atoms with Gasteiger partial charge in [-0.1, -0.05) is 24.6 Å². The molecule has 4 nitrogen and oxygen atoms in total. The van der Waals surface area contributed by atoms with Crippen LogP contribution in [0.3, 0.4) is 0 Å². The van der Waals surface area contributed by atoms with Crippen molar-refractivity contribution in [2.45, 2.75) is 19.9 Å². The fourth-order valence-electron chi connectivity index (χ4n) is 3.33. The minimum Gasteiger partial charge on any atom is -0.321 e. The fourth-order valence-corrected chi connectivity index (χ4v) is 3.52. The molecule has 2 aromatic heterocycles. The monoisotopic (exact) mass is 410 g/mol. The van der Waals surface area contributed by atoms with Gasteiger partial charge in [0.2, 0.25) is 0 Å². The standard InChI is InChI=1S/C22H17ClF2N4/c1-2-14-11-28-22-17(6-7-19(24)21(22)25)18(14)13-29(20-12-26-8-9-27-20)16-5-3-4-15(23)10-16/h3-12H,2,13H2,1H3. The summed E-state index contributed by atoms with van der Waals surface area (Å²) in [6.07, 6.45) is 7.15. The summed E-state index contributed by atoms with van der Waals surface area (Å²) in [5, 5.41) is 1.15. The molecule has 0 N–H and O–H groups in total. The van der Waals surface area contributed by atoms with Crippen LogP contribution in [0.5, 0.6) is 0 Å². The first-order chi connectivity index (χ1) is 14.1. The second-order valence-corrected chi connectivity index (χ2v) is 6.94. The van der Waals surface area contributed by atoms with Crippen LogP contribution in [0.15, 0.2) is 61.2 Å². The van der Waals surface area contributed by atoms with Gasteiger partial charge in [-0.3, -0.25) is 9.97 Å². The van der Waals surface area contributed by atoms with E-state index in [4.69, 9.17) is 11.6 Å². The minimum atomic E-state index is -0.944. The smallest absolute Gasteiger partial charge is 0.184 e. The molecule has 0 spiro atoms. The number of aromatic nitrogens is 3. The second-order valence-electron chi connectivity index (χ2n) is 6.50. The van der Waals surface area contributed by atoms with Crippen molar-refractivity contribution in [3.8, 4) is 0 Å². The molecule has 0 atom stereocenters. The van der Waals surface area contributed by atoms with Gasteiger partial charge in [0.25, 0.3) is 0 Å². The Bertz CT molecular complexity index is 1170. The molecule has 0 unspecified atom stereocenters. The van der Waals surface area contributed by atoms with Crippen molar-refractivity contribution in [2.24, 2.45) is 0 Å². The van der Waals surface area contributed by atoms with E-state index in [1.165, 1.54) is 0 Å². The predicted molar refractivity (Wildman–Crippen MR) is 110 cm³/mol. The third kappa shape index (κ3) is 3.76. The van der Waals surface area contributed by atoms with Crippen LogP contribution < -0.4 is 4.90 Å². The Morgan fingerprint density at radius 3 is 2.62 bits per heavy atom. The summed E-state index contributed by atoms with van der Waals surface area (Å²) >= 11 is 6.21. The maximum atomic E-state index is 14.4. The van der Waals surface area contributed by atoms with Crippen LogP contribution in [0.25, 0.3) is 10.9 Å². The maximum Gasteiger partial charge on any atom is 0.184 e. The third-order valence-corrected chi connectivity index (χ3v) is 5.01. The van der Waals surface area contributed by atoms with Gasteiger partial charge in [0.15, 0.2) is 17.5 Å². The van der Waals surface area contributed by atoms with Gasteiger partial charge >= 0.3 is 0 Å². The molecule has 2 aromatic carbocycles. The topological polar surface area (TPSA) is 41.9 Å². The van der Waals surface area contributed by atoms with Crippen molar-refractivity contribution in [1.29, 1.82) is 0 Å². The van der Waals surface area contributed by atoms with Crippen LogP contribution in [-0.4, -0.2) is 15.0 Å². The van der Waals surface area contributed by atoms with E-state index < -0.39 is 11.6 Å². The van der Waals surface area contributed by atoms with Crippen molar-refractivity contribution >= 4 is 34.0 Å². The van der Waals surface area contributed by atoms with Crippen LogP contribution in [-0.2, 0) is 13.0 Å². The lowest BCUT2D eigenvalue weighted by Gasteiger charge is -2.25. The molecule has 0 aliphatic rings. The van der Waals surface area contributed by atoms with Gasteiger partial charge in [-0.15, -0.1) is 0 Å². The van der Waals surface area contributed by atoms with Crippen molar-refractivity contribution < 1.29 is 8.78 Å². The molecule has 0 aliphatic heterocycles. The highest BCUT2D eigenvalue weighted by Gasteiger charge is 2.19. The average Bonchev–Trinajstić information content (AvgIpc) is 2.75. The second kappa shape index (κ2) is 8.09. The lowest BCUT2D eigenvalue weighted by atomic mass is 10.0. The lowest BCUT2D eigenvalue weighted by molar-refractivity contribution is 0.515. The van der Waals surface area contributed by atoms with Gasteiger partial charge in [-0.25, -0.2) is 13.8 Å². The number of benzene rings is 2. The summed E-state index contributed by atoms with van der Waals surface area (Å²) < 4.78 is 28.1. The van der Waals surface area contributed by atoms with E-state index in [2.05, 4.69) is 15.0 Å². The van der Waals surface area contributed by atoms with Crippen molar-refractivity contribution in [3.05, 3.63) is 89.0 Å². The summed E-state index contributed by atoms with van der Waals surface area (Å²) in [6.45, 7) is 2.37. The molecule has 0 saturated heterocycles. The van der Waals surface area contributed by atoms with E-state index in [9.17, 15) is 8.78 Å². The number of halogens is 3. The molecule has 146 valence electrons. The maximum absolute atomic E-state index is 14.4. The number of hydrogen-bond donors (Lipinski definition) is 0. The van der Waals surface area contributed by atoms with Gasteiger partial charge < -0.3 is 4.90 Å². The summed E-state index contributed by atoms with van der Waals surface area (Å²) in [5.41, 5.74) is 2.62. The molecule has 0 bridgehead atoms. The molecule has 2 heterocycles. The van der Waals surface area contributed by atoms with Crippen molar-refractivity contribution in [3.63, 3.8) is 0 Å². The van der Waals surface area contributed by atoms with Crippen LogP contribution in [0.2, 0.25) is 5.02 Å². The van der Waals surface area contributed by atoms with Crippen LogP contribution in [0, 0.1) is 11.6 Å². The molecule has 0 aliphatic carbocycles. The van der Waals surface area contributed by atoms with Crippen molar-refractivity contribution in [2.75, 3.05) is 4.90 Å². The Morgan fingerprint density at radius 1 is 1.03 bits per heavy atom.